The molecule has 212 valence electrons. The van der Waals surface area contributed by atoms with Gasteiger partial charge in [-0.2, -0.15) is 0 Å². The van der Waals surface area contributed by atoms with Crippen LogP contribution >= 0.6 is 0 Å². The zero-order valence-corrected chi connectivity index (χ0v) is 24.0. The average molecular weight is 548 g/mol. The maximum atomic E-state index is 13.6. The second-order valence-electron chi connectivity index (χ2n) is 12.4. The monoisotopic (exact) mass is 547 g/mol. The van der Waals surface area contributed by atoms with Gasteiger partial charge in [-0.05, 0) is 77.6 Å². The molecule has 0 spiro atoms. The number of piperidine rings is 1. The number of likely N-dealkylation sites (tertiary alicyclic amines) is 1. The molecule has 0 unspecified atom stereocenters. The third-order valence-corrected chi connectivity index (χ3v) is 7.03. The molecule has 3 heterocycles. The lowest BCUT2D eigenvalue weighted by Gasteiger charge is -2.34. The normalized spacial score (nSPS) is 17.8. The van der Waals surface area contributed by atoms with Gasteiger partial charge in [-0.3, -0.25) is 9.63 Å². The molecule has 0 bridgehead atoms. The standard InChI is InChI=1S/C31H37N3O6/c1-30(2,3)39-28(36)33-16-8-9-21(17-33)19-12-14-20(15-13-19)26-23-18-38-32-27(35)22-10-7-11-24(25(22)23)34(26)29(37)40-31(4,5)6/h7,10-15,21H,8-9,16-18H2,1-6H3,(H,32,35)/t21-/m1/s1. The number of carbonyl (C=O) groups excluding carboxylic acids is 3. The molecule has 1 fully saturated rings. The van der Waals surface area contributed by atoms with Crippen molar-refractivity contribution in [1.82, 2.24) is 14.9 Å². The highest BCUT2D eigenvalue weighted by Crippen LogP contribution is 2.39. The lowest BCUT2D eigenvalue weighted by atomic mass is 9.90. The Labute approximate surface area is 234 Å². The number of nitrogens with one attached hydrogen (secondary N) is 1. The van der Waals surface area contributed by atoms with Gasteiger partial charge in [0.1, 0.15) is 17.8 Å². The van der Waals surface area contributed by atoms with Gasteiger partial charge in [0.05, 0.1) is 16.8 Å². The molecule has 5 rings (SSSR count). The minimum atomic E-state index is -0.710. The van der Waals surface area contributed by atoms with E-state index in [1.54, 1.807) is 21.6 Å². The summed E-state index contributed by atoms with van der Waals surface area (Å²) in [5.41, 5.74) is 5.51. The summed E-state index contributed by atoms with van der Waals surface area (Å²) in [5.74, 6) is -0.190. The number of carbonyl (C=O) groups is 3. The number of amides is 2. The molecule has 2 aliphatic rings. The van der Waals surface area contributed by atoms with E-state index in [0.29, 0.717) is 35.2 Å². The minimum Gasteiger partial charge on any atom is -0.444 e. The second kappa shape index (κ2) is 10.3. The van der Waals surface area contributed by atoms with Crippen molar-refractivity contribution >= 4 is 29.0 Å². The van der Waals surface area contributed by atoms with Crippen LogP contribution in [-0.2, 0) is 20.9 Å². The average Bonchev–Trinajstić information content (AvgIpc) is 3.11. The minimum absolute atomic E-state index is 0.0968. The summed E-state index contributed by atoms with van der Waals surface area (Å²) in [6, 6.07) is 13.3. The Hall–Kier alpha value is -3.85. The van der Waals surface area contributed by atoms with Crippen LogP contribution in [0.4, 0.5) is 9.59 Å². The fourth-order valence-electron chi connectivity index (χ4n) is 5.43. The Morgan fingerprint density at radius 2 is 1.62 bits per heavy atom. The van der Waals surface area contributed by atoms with E-state index >= 15 is 0 Å². The Kier molecular flexibility index (Phi) is 7.12. The van der Waals surface area contributed by atoms with Gasteiger partial charge < -0.3 is 14.4 Å². The molecule has 9 nitrogen and oxygen atoms in total. The summed E-state index contributed by atoms with van der Waals surface area (Å²) in [6.07, 6.45) is 1.04. The number of hydrogen-bond donors (Lipinski definition) is 1. The highest BCUT2D eigenvalue weighted by molar-refractivity contribution is 6.12. The number of nitrogens with zero attached hydrogens (tertiary/aromatic N) is 2. The molecule has 0 saturated carbocycles. The topological polar surface area (TPSA) is 99.1 Å². The third kappa shape index (κ3) is 5.56. The molecular formula is C31H37N3O6. The number of benzene rings is 2. The molecule has 2 aromatic carbocycles. The van der Waals surface area contributed by atoms with Gasteiger partial charge in [0.15, 0.2) is 0 Å². The van der Waals surface area contributed by atoms with E-state index in [1.165, 1.54) is 0 Å². The Morgan fingerprint density at radius 1 is 0.950 bits per heavy atom. The first-order chi connectivity index (χ1) is 18.8. The van der Waals surface area contributed by atoms with Crippen molar-refractivity contribution in [3.05, 3.63) is 59.2 Å². The SMILES string of the molecule is CC(C)(C)OC(=O)N1CCC[C@@H](c2ccc(-c3c4c5c(cccc5n3C(=O)OC(C)(C)C)C(=O)NOC4)cc2)C1. The highest BCUT2D eigenvalue weighted by atomic mass is 16.7. The first kappa shape index (κ1) is 27.7. The lowest BCUT2D eigenvalue weighted by molar-refractivity contribution is 0.0197. The maximum Gasteiger partial charge on any atom is 0.419 e. The number of hydrogen-bond acceptors (Lipinski definition) is 6. The molecule has 1 aromatic heterocycles. The molecule has 3 aromatic rings. The van der Waals surface area contributed by atoms with E-state index in [2.05, 4.69) is 5.48 Å². The maximum absolute atomic E-state index is 13.6. The Balaban J connectivity index is 1.53. The van der Waals surface area contributed by atoms with E-state index in [9.17, 15) is 14.4 Å². The van der Waals surface area contributed by atoms with Crippen molar-refractivity contribution in [1.29, 1.82) is 0 Å². The van der Waals surface area contributed by atoms with Crippen molar-refractivity contribution in [2.45, 2.75) is 78.1 Å². The van der Waals surface area contributed by atoms with Gasteiger partial charge in [0.2, 0.25) is 0 Å². The largest absolute Gasteiger partial charge is 0.444 e. The van der Waals surface area contributed by atoms with Crippen LogP contribution < -0.4 is 5.48 Å². The number of hydroxylamine groups is 1. The van der Waals surface area contributed by atoms with E-state index in [4.69, 9.17) is 14.3 Å². The van der Waals surface area contributed by atoms with Gasteiger partial charge in [-0.15, -0.1) is 0 Å². The van der Waals surface area contributed by atoms with E-state index in [-0.39, 0.29) is 24.5 Å². The fraction of sp³-hybridized carbons (Fsp3) is 0.452. The summed E-state index contributed by atoms with van der Waals surface area (Å²) in [7, 11) is 0. The first-order valence-corrected chi connectivity index (χ1v) is 13.7. The van der Waals surface area contributed by atoms with Crippen LogP contribution in [0, 0.1) is 0 Å². The van der Waals surface area contributed by atoms with Crippen molar-refractivity contribution in [2.75, 3.05) is 13.1 Å². The van der Waals surface area contributed by atoms with Crippen molar-refractivity contribution < 1.29 is 28.7 Å². The quantitative estimate of drug-likeness (QED) is 0.400. The molecule has 0 aliphatic carbocycles. The van der Waals surface area contributed by atoms with Crippen molar-refractivity contribution in [3.8, 4) is 11.3 Å². The number of ether oxygens (including phenoxy) is 2. The zero-order valence-electron chi connectivity index (χ0n) is 24.0. The molecule has 2 amide bonds. The summed E-state index contributed by atoms with van der Waals surface area (Å²) in [4.78, 5) is 46.3. The van der Waals surface area contributed by atoms with Crippen LogP contribution in [0.25, 0.3) is 22.2 Å². The summed E-state index contributed by atoms with van der Waals surface area (Å²) >= 11 is 0. The molecule has 1 atom stereocenters. The van der Waals surface area contributed by atoms with Crippen molar-refractivity contribution in [3.63, 3.8) is 0 Å². The van der Waals surface area contributed by atoms with Gasteiger partial charge in [-0.1, -0.05) is 30.3 Å². The smallest absolute Gasteiger partial charge is 0.419 e. The van der Waals surface area contributed by atoms with Gasteiger partial charge in [0.25, 0.3) is 5.91 Å². The lowest BCUT2D eigenvalue weighted by Crippen LogP contribution is -2.42. The van der Waals surface area contributed by atoms with E-state index in [0.717, 1.165) is 29.5 Å². The fourth-order valence-corrected chi connectivity index (χ4v) is 5.43. The van der Waals surface area contributed by atoms with Crippen LogP contribution in [0.3, 0.4) is 0 Å². The molecule has 2 aliphatic heterocycles. The van der Waals surface area contributed by atoms with E-state index < -0.39 is 17.3 Å². The van der Waals surface area contributed by atoms with Gasteiger partial charge in [0, 0.05) is 30.0 Å². The molecule has 9 heteroatoms. The van der Waals surface area contributed by atoms with Crippen LogP contribution in [0.15, 0.2) is 42.5 Å². The summed E-state index contributed by atoms with van der Waals surface area (Å²) in [5, 5.41) is 0.669. The molecule has 1 saturated heterocycles. The Morgan fingerprint density at radius 3 is 2.30 bits per heavy atom. The second-order valence-corrected chi connectivity index (χ2v) is 12.4. The molecular weight excluding hydrogens is 510 g/mol. The van der Waals surface area contributed by atoms with Gasteiger partial charge in [-0.25, -0.2) is 19.6 Å². The van der Waals surface area contributed by atoms with Crippen LogP contribution in [0.2, 0.25) is 0 Å². The predicted octanol–water partition coefficient (Wildman–Crippen LogP) is 6.38. The Bertz CT molecular complexity index is 1460. The number of rotatable bonds is 2. The van der Waals surface area contributed by atoms with Crippen LogP contribution in [-0.4, -0.2) is 51.9 Å². The molecule has 40 heavy (non-hydrogen) atoms. The van der Waals surface area contributed by atoms with Crippen molar-refractivity contribution in [2.24, 2.45) is 0 Å². The van der Waals surface area contributed by atoms with Crippen LogP contribution in [0.1, 0.15) is 81.8 Å². The number of aromatic nitrogens is 1. The van der Waals surface area contributed by atoms with E-state index in [1.807, 2.05) is 71.9 Å². The van der Waals surface area contributed by atoms with Crippen LogP contribution in [0.5, 0.6) is 0 Å². The predicted molar refractivity (Wildman–Crippen MR) is 151 cm³/mol. The third-order valence-electron chi connectivity index (χ3n) is 7.03. The van der Waals surface area contributed by atoms with Gasteiger partial charge >= 0.3 is 12.2 Å². The summed E-state index contributed by atoms with van der Waals surface area (Å²) in [6.45, 7) is 12.4. The zero-order chi connectivity index (χ0) is 28.8. The summed E-state index contributed by atoms with van der Waals surface area (Å²) < 4.78 is 12.9. The molecule has 0 radical (unpaired) electrons. The molecule has 1 N–H and O–H groups in total. The first-order valence-electron chi connectivity index (χ1n) is 13.7. The highest BCUT2D eigenvalue weighted by Gasteiger charge is 2.32.